The predicted molar refractivity (Wildman–Crippen MR) is 143 cm³/mol. The van der Waals surface area contributed by atoms with E-state index < -0.39 is 17.8 Å². The van der Waals surface area contributed by atoms with E-state index in [1.807, 2.05) is 12.1 Å². The summed E-state index contributed by atoms with van der Waals surface area (Å²) in [4.78, 5) is 27.4. The van der Waals surface area contributed by atoms with Crippen LogP contribution in [0.1, 0.15) is 38.2 Å². The largest absolute Gasteiger partial charge is 0.464 e. The Hall–Kier alpha value is -3.52. The molecule has 3 aromatic rings. The first-order chi connectivity index (χ1) is 17.1. The lowest BCUT2D eigenvalue weighted by atomic mass is 10.1. The Bertz CT molecular complexity index is 1220. The van der Waals surface area contributed by atoms with Gasteiger partial charge in [-0.25, -0.2) is 14.0 Å². The van der Waals surface area contributed by atoms with Gasteiger partial charge in [0.05, 0.1) is 24.2 Å². The Balaban J connectivity index is 2.02. The van der Waals surface area contributed by atoms with Gasteiger partial charge < -0.3 is 24.8 Å². The van der Waals surface area contributed by atoms with Crippen LogP contribution < -0.4 is 15.5 Å². The number of carbonyl (C=O) groups excluding carboxylic acids is 2. The summed E-state index contributed by atoms with van der Waals surface area (Å²) in [7, 11) is 1.33. The van der Waals surface area contributed by atoms with E-state index >= 15 is 0 Å². The van der Waals surface area contributed by atoms with E-state index in [0.29, 0.717) is 28.9 Å². The molecule has 2 N–H and O–H groups in total. The van der Waals surface area contributed by atoms with Gasteiger partial charge in [-0.05, 0) is 60.4 Å². The first-order valence-electron chi connectivity index (χ1n) is 11.8. The van der Waals surface area contributed by atoms with Gasteiger partial charge in [0.15, 0.2) is 0 Å². The highest BCUT2D eigenvalue weighted by atomic mass is 35.5. The van der Waals surface area contributed by atoms with Crippen LogP contribution in [-0.2, 0) is 4.74 Å². The molecule has 0 radical (unpaired) electrons. The molecule has 36 heavy (non-hydrogen) atoms. The summed E-state index contributed by atoms with van der Waals surface area (Å²) >= 11 is 5.82. The minimum atomic E-state index is -0.636. The van der Waals surface area contributed by atoms with Crippen molar-refractivity contribution in [3.63, 3.8) is 0 Å². The molecule has 2 aromatic carbocycles. The van der Waals surface area contributed by atoms with Crippen LogP contribution in [0.3, 0.4) is 0 Å². The molecule has 9 heteroatoms. The van der Waals surface area contributed by atoms with Crippen molar-refractivity contribution in [3.8, 4) is 5.69 Å². The number of anilines is 3. The van der Waals surface area contributed by atoms with Crippen molar-refractivity contribution in [2.24, 2.45) is 11.8 Å². The minimum Gasteiger partial charge on any atom is -0.464 e. The van der Waals surface area contributed by atoms with Gasteiger partial charge in [-0.3, -0.25) is 0 Å². The molecular formula is C27H32ClFN4O3. The fourth-order valence-corrected chi connectivity index (χ4v) is 4.10. The van der Waals surface area contributed by atoms with E-state index in [2.05, 4.69) is 43.2 Å². The van der Waals surface area contributed by atoms with Crippen LogP contribution >= 0.6 is 11.6 Å². The van der Waals surface area contributed by atoms with Crippen molar-refractivity contribution < 1.29 is 18.7 Å². The standard InChI is InChI=1S/C27H32ClFN4O3/c1-17(2)15-32(16-18(3)4)24-11-9-20(33-12-6-7-25(33)26(34)36-5)14-23(24)31-27(35)30-22-10-8-19(28)13-21(22)29/h6-14,17-18H,15-16H2,1-5H3,(H2,30,31,35). The van der Waals surface area contributed by atoms with Gasteiger partial charge in [0.2, 0.25) is 0 Å². The van der Waals surface area contributed by atoms with Crippen molar-refractivity contribution in [2.75, 3.05) is 35.7 Å². The SMILES string of the molecule is COC(=O)c1cccn1-c1ccc(N(CC(C)C)CC(C)C)c(NC(=O)Nc2ccc(Cl)cc2F)c1. The van der Waals surface area contributed by atoms with E-state index in [9.17, 15) is 14.0 Å². The molecule has 0 aliphatic heterocycles. The van der Waals surface area contributed by atoms with Crippen molar-refractivity contribution in [3.05, 3.63) is 71.3 Å². The maximum absolute atomic E-state index is 14.3. The second kappa shape index (κ2) is 11.9. The minimum absolute atomic E-state index is 0.00853. The summed E-state index contributed by atoms with van der Waals surface area (Å²) in [5.41, 5.74) is 2.36. The topological polar surface area (TPSA) is 75.6 Å². The average Bonchev–Trinajstić information content (AvgIpc) is 3.29. The monoisotopic (exact) mass is 514 g/mol. The summed E-state index contributed by atoms with van der Waals surface area (Å²) in [6, 6.07) is 12.4. The van der Waals surface area contributed by atoms with Crippen molar-refractivity contribution >= 4 is 40.7 Å². The lowest BCUT2D eigenvalue weighted by Crippen LogP contribution is -2.32. The second-order valence-electron chi connectivity index (χ2n) is 9.35. The lowest BCUT2D eigenvalue weighted by molar-refractivity contribution is 0.0591. The Morgan fingerprint density at radius 1 is 1.00 bits per heavy atom. The highest BCUT2D eigenvalue weighted by Gasteiger charge is 2.19. The molecule has 2 amide bonds. The Labute approximate surface area is 216 Å². The van der Waals surface area contributed by atoms with Crippen LogP contribution in [0.5, 0.6) is 0 Å². The van der Waals surface area contributed by atoms with E-state index in [-0.39, 0.29) is 10.7 Å². The highest BCUT2D eigenvalue weighted by molar-refractivity contribution is 6.30. The molecule has 0 aliphatic rings. The molecule has 1 aromatic heterocycles. The van der Waals surface area contributed by atoms with Gasteiger partial charge in [0.1, 0.15) is 11.5 Å². The fraction of sp³-hybridized carbons (Fsp3) is 0.333. The van der Waals surface area contributed by atoms with Gasteiger partial charge >= 0.3 is 12.0 Å². The Morgan fingerprint density at radius 3 is 2.28 bits per heavy atom. The normalized spacial score (nSPS) is 11.0. The maximum Gasteiger partial charge on any atom is 0.355 e. The zero-order chi connectivity index (χ0) is 26.4. The van der Waals surface area contributed by atoms with Crippen LogP contribution in [0, 0.1) is 17.7 Å². The molecular weight excluding hydrogens is 483 g/mol. The van der Waals surface area contributed by atoms with E-state index in [1.165, 1.54) is 19.2 Å². The molecule has 0 spiro atoms. The number of nitrogens with zero attached hydrogens (tertiary/aromatic N) is 2. The van der Waals surface area contributed by atoms with Gasteiger partial charge in [0.25, 0.3) is 0 Å². The number of hydrogen-bond acceptors (Lipinski definition) is 4. The lowest BCUT2D eigenvalue weighted by Gasteiger charge is -2.31. The molecule has 0 atom stereocenters. The van der Waals surface area contributed by atoms with Crippen molar-refractivity contribution in [1.82, 2.24) is 4.57 Å². The molecule has 0 bridgehead atoms. The average molecular weight is 515 g/mol. The third kappa shape index (κ3) is 6.79. The fourth-order valence-electron chi connectivity index (χ4n) is 3.95. The summed E-state index contributed by atoms with van der Waals surface area (Å²) in [5.74, 6) is -0.356. The number of esters is 1. The van der Waals surface area contributed by atoms with Gasteiger partial charge in [-0.15, -0.1) is 0 Å². The Kier molecular flexibility index (Phi) is 8.98. The number of aromatic nitrogens is 1. The van der Waals surface area contributed by atoms with Crippen LogP contribution in [0.4, 0.5) is 26.2 Å². The highest BCUT2D eigenvalue weighted by Crippen LogP contribution is 2.31. The number of rotatable bonds is 9. The van der Waals surface area contributed by atoms with Crippen molar-refractivity contribution in [1.29, 1.82) is 0 Å². The summed E-state index contributed by atoms with van der Waals surface area (Å²) < 4.78 is 20.8. The number of hydrogen-bond donors (Lipinski definition) is 2. The number of halogens is 2. The molecule has 1 heterocycles. The first-order valence-corrected chi connectivity index (χ1v) is 12.1. The number of ether oxygens (including phenoxy) is 1. The third-order valence-electron chi connectivity index (χ3n) is 5.34. The molecule has 3 rings (SSSR count). The van der Waals surface area contributed by atoms with Crippen LogP contribution in [-0.4, -0.2) is 36.8 Å². The molecule has 7 nitrogen and oxygen atoms in total. The molecule has 0 fully saturated rings. The molecule has 0 saturated heterocycles. The first kappa shape index (κ1) is 27.1. The molecule has 0 unspecified atom stereocenters. The molecule has 0 saturated carbocycles. The number of amides is 2. The van der Waals surface area contributed by atoms with Gasteiger partial charge in [-0.2, -0.15) is 0 Å². The predicted octanol–water partition coefficient (Wildman–Crippen LogP) is 6.82. The summed E-state index contributed by atoms with van der Waals surface area (Å²) in [6.45, 7) is 10.1. The van der Waals surface area contributed by atoms with E-state index in [4.69, 9.17) is 16.3 Å². The quantitative estimate of drug-likeness (QED) is 0.307. The second-order valence-corrected chi connectivity index (χ2v) is 9.79. The number of carbonyl (C=O) groups is 2. The summed E-state index contributed by atoms with van der Waals surface area (Å²) in [6.07, 6.45) is 1.74. The zero-order valence-electron chi connectivity index (χ0n) is 21.1. The van der Waals surface area contributed by atoms with Crippen LogP contribution in [0.2, 0.25) is 5.02 Å². The van der Waals surface area contributed by atoms with E-state index in [0.717, 1.165) is 24.8 Å². The third-order valence-corrected chi connectivity index (χ3v) is 5.58. The van der Waals surface area contributed by atoms with Crippen molar-refractivity contribution in [2.45, 2.75) is 27.7 Å². The molecule has 0 aliphatic carbocycles. The zero-order valence-corrected chi connectivity index (χ0v) is 21.9. The number of urea groups is 1. The smallest absolute Gasteiger partial charge is 0.355 e. The Morgan fingerprint density at radius 2 is 1.67 bits per heavy atom. The number of benzene rings is 2. The summed E-state index contributed by atoms with van der Waals surface area (Å²) in [5, 5.41) is 5.65. The molecule has 192 valence electrons. The number of nitrogens with one attached hydrogen (secondary N) is 2. The van der Waals surface area contributed by atoms with Gasteiger partial charge in [0, 0.05) is 30.0 Å². The van der Waals surface area contributed by atoms with Crippen LogP contribution in [0.25, 0.3) is 5.69 Å². The maximum atomic E-state index is 14.3. The van der Waals surface area contributed by atoms with E-state index in [1.54, 1.807) is 29.0 Å². The number of methoxy groups -OCH3 is 1. The van der Waals surface area contributed by atoms with Crippen LogP contribution in [0.15, 0.2) is 54.7 Å². The van der Waals surface area contributed by atoms with Gasteiger partial charge in [-0.1, -0.05) is 39.3 Å².